The topological polar surface area (TPSA) is 41.6 Å². The Morgan fingerprint density at radius 3 is 2.56 bits per heavy atom. The van der Waals surface area contributed by atoms with Gasteiger partial charge in [-0.15, -0.1) is 0 Å². The third-order valence-corrected chi connectivity index (χ3v) is 5.32. The summed E-state index contributed by atoms with van der Waals surface area (Å²) in [5, 5.41) is 3.40. The number of nitrogens with zero attached hydrogens (tertiary/aromatic N) is 1. The molecule has 6 heteroatoms. The van der Waals surface area contributed by atoms with Gasteiger partial charge in [-0.2, -0.15) is 0 Å². The van der Waals surface area contributed by atoms with Crippen LogP contribution in [-0.4, -0.2) is 35.5 Å². The fourth-order valence-corrected chi connectivity index (χ4v) is 3.53. The number of ether oxygens (including phenoxy) is 1. The zero-order chi connectivity index (χ0) is 19.2. The molecule has 0 unspecified atom stereocenters. The number of carbonyl (C=O) groups is 1. The molecule has 0 aliphatic carbocycles. The van der Waals surface area contributed by atoms with Gasteiger partial charge >= 0.3 is 0 Å². The van der Waals surface area contributed by atoms with E-state index >= 15 is 0 Å². The summed E-state index contributed by atoms with van der Waals surface area (Å²) in [6, 6.07) is 13.0. The molecule has 1 aliphatic heterocycles. The van der Waals surface area contributed by atoms with Crippen molar-refractivity contribution >= 4 is 40.4 Å². The molecule has 1 amide bonds. The molecule has 4 nitrogen and oxygen atoms in total. The van der Waals surface area contributed by atoms with E-state index in [0.29, 0.717) is 16.5 Å². The highest BCUT2D eigenvalue weighted by Gasteiger charge is 2.15. The molecule has 27 heavy (non-hydrogen) atoms. The van der Waals surface area contributed by atoms with Crippen molar-refractivity contribution in [2.24, 2.45) is 0 Å². The number of thiocarbonyl (C=S) groups is 1. The molecule has 1 fully saturated rings. The van der Waals surface area contributed by atoms with Crippen LogP contribution in [0.4, 0.5) is 5.69 Å². The molecule has 0 atom stereocenters. The first-order valence-corrected chi connectivity index (χ1v) is 9.90. The minimum atomic E-state index is -0.228. The van der Waals surface area contributed by atoms with E-state index in [9.17, 15) is 4.79 Å². The van der Waals surface area contributed by atoms with Crippen molar-refractivity contribution in [3.63, 3.8) is 0 Å². The maximum absolute atomic E-state index is 12.1. The largest absolute Gasteiger partial charge is 0.484 e. The Labute approximate surface area is 170 Å². The van der Waals surface area contributed by atoms with Crippen LogP contribution in [0.15, 0.2) is 42.5 Å². The molecule has 1 aliphatic rings. The van der Waals surface area contributed by atoms with Crippen LogP contribution in [0.2, 0.25) is 5.02 Å². The lowest BCUT2D eigenvalue weighted by molar-refractivity contribution is -0.118. The van der Waals surface area contributed by atoms with Gasteiger partial charge in [0.25, 0.3) is 5.91 Å². The Bertz CT molecular complexity index is 817. The molecule has 2 aromatic carbocycles. The van der Waals surface area contributed by atoms with E-state index in [1.807, 2.05) is 37.3 Å². The van der Waals surface area contributed by atoms with Gasteiger partial charge in [0.05, 0.1) is 0 Å². The van der Waals surface area contributed by atoms with Crippen molar-refractivity contribution in [2.75, 3.05) is 25.0 Å². The summed E-state index contributed by atoms with van der Waals surface area (Å²) in [4.78, 5) is 15.3. The molecule has 0 spiro atoms. The second-order valence-corrected chi connectivity index (χ2v) is 7.50. The number of hydrogen-bond acceptors (Lipinski definition) is 3. The number of hydrogen-bond donors (Lipinski definition) is 1. The summed E-state index contributed by atoms with van der Waals surface area (Å²) in [7, 11) is 0. The number of carbonyl (C=O) groups excluding carboxylic acids is 1. The van der Waals surface area contributed by atoms with E-state index in [1.165, 1.54) is 19.3 Å². The van der Waals surface area contributed by atoms with Crippen LogP contribution in [0.3, 0.4) is 0 Å². The zero-order valence-electron chi connectivity index (χ0n) is 15.3. The predicted molar refractivity (Wildman–Crippen MR) is 114 cm³/mol. The van der Waals surface area contributed by atoms with Crippen LogP contribution in [0.25, 0.3) is 0 Å². The van der Waals surface area contributed by atoms with Crippen LogP contribution in [0.5, 0.6) is 5.75 Å². The SMILES string of the molecule is Cc1ccc(Cl)cc1NC(=O)COc1ccc(C(=S)N2CCCCC2)cc1. The number of aryl methyl sites for hydroxylation is 1. The number of halogens is 1. The number of anilines is 1. The van der Waals surface area contributed by atoms with Crippen LogP contribution in [-0.2, 0) is 4.79 Å². The van der Waals surface area contributed by atoms with Gasteiger partial charge in [-0.3, -0.25) is 4.79 Å². The second kappa shape index (κ2) is 9.20. The van der Waals surface area contributed by atoms with Gasteiger partial charge < -0.3 is 15.0 Å². The summed E-state index contributed by atoms with van der Waals surface area (Å²) in [6.07, 6.45) is 3.67. The van der Waals surface area contributed by atoms with Crippen molar-refractivity contribution in [3.05, 3.63) is 58.6 Å². The van der Waals surface area contributed by atoms with Gasteiger partial charge in [0, 0.05) is 29.4 Å². The lowest BCUT2D eigenvalue weighted by Gasteiger charge is -2.29. The second-order valence-electron chi connectivity index (χ2n) is 6.67. The van der Waals surface area contributed by atoms with E-state index < -0.39 is 0 Å². The van der Waals surface area contributed by atoms with Gasteiger partial charge in [0.15, 0.2) is 6.61 Å². The summed E-state index contributed by atoms with van der Waals surface area (Å²) in [5.41, 5.74) is 2.65. The predicted octanol–water partition coefficient (Wildman–Crippen LogP) is 4.83. The lowest BCUT2D eigenvalue weighted by Crippen LogP contribution is -2.34. The summed E-state index contributed by atoms with van der Waals surface area (Å²) >= 11 is 11.6. The summed E-state index contributed by atoms with van der Waals surface area (Å²) in [6.45, 7) is 3.90. The number of rotatable bonds is 5. The first kappa shape index (κ1) is 19.6. The van der Waals surface area contributed by atoms with E-state index in [1.54, 1.807) is 12.1 Å². The normalized spacial score (nSPS) is 13.9. The minimum Gasteiger partial charge on any atom is -0.484 e. The average molecular weight is 403 g/mol. The van der Waals surface area contributed by atoms with Crippen LogP contribution >= 0.6 is 23.8 Å². The molecule has 1 saturated heterocycles. The van der Waals surface area contributed by atoms with E-state index in [4.69, 9.17) is 28.6 Å². The number of amides is 1. The highest BCUT2D eigenvalue weighted by atomic mass is 35.5. The quantitative estimate of drug-likeness (QED) is 0.727. The third-order valence-electron chi connectivity index (χ3n) is 4.59. The van der Waals surface area contributed by atoms with Crippen molar-refractivity contribution in [1.29, 1.82) is 0 Å². The molecule has 1 N–H and O–H groups in total. The Morgan fingerprint density at radius 2 is 1.85 bits per heavy atom. The monoisotopic (exact) mass is 402 g/mol. The molecule has 3 rings (SSSR count). The van der Waals surface area contributed by atoms with Gasteiger partial charge in [-0.05, 0) is 68.1 Å². The van der Waals surface area contributed by atoms with Crippen LogP contribution < -0.4 is 10.1 Å². The smallest absolute Gasteiger partial charge is 0.262 e. The third kappa shape index (κ3) is 5.44. The average Bonchev–Trinajstić information content (AvgIpc) is 2.70. The van der Waals surface area contributed by atoms with E-state index in [0.717, 1.165) is 29.2 Å². The maximum Gasteiger partial charge on any atom is 0.262 e. The molecule has 0 bridgehead atoms. The molecule has 0 saturated carbocycles. The first-order valence-electron chi connectivity index (χ1n) is 9.11. The summed E-state index contributed by atoms with van der Waals surface area (Å²) < 4.78 is 5.59. The van der Waals surface area contributed by atoms with E-state index in [2.05, 4.69) is 10.2 Å². The molecule has 0 aromatic heterocycles. The number of likely N-dealkylation sites (tertiary alicyclic amines) is 1. The fraction of sp³-hybridized carbons (Fsp3) is 0.333. The molecule has 1 heterocycles. The van der Waals surface area contributed by atoms with Crippen molar-refractivity contribution in [2.45, 2.75) is 26.2 Å². The Kier molecular flexibility index (Phi) is 6.69. The van der Waals surface area contributed by atoms with E-state index in [-0.39, 0.29) is 12.5 Å². The molecular weight excluding hydrogens is 380 g/mol. The number of piperidine rings is 1. The fourth-order valence-electron chi connectivity index (χ4n) is 3.04. The lowest BCUT2D eigenvalue weighted by atomic mass is 10.1. The van der Waals surface area contributed by atoms with Crippen molar-refractivity contribution < 1.29 is 9.53 Å². The van der Waals surface area contributed by atoms with Crippen molar-refractivity contribution in [3.8, 4) is 5.75 Å². The van der Waals surface area contributed by atoms with Gasteiger partial charge in [0.1, 0.15) is 10.7 Å². The van der Waals surface area contributed by atoms with Crippen molar-refractivity contribution in [1.82, 2.24) is 4.90 Å². The highest BCUT2D eigenvalue weighted by molar-refractivity contribution is 7.80. The summed E-state index contributed by atoms with van der Waals surface area (Å²) in [5.74, 6) is 0.409. The Balaban J connectivity index is 1.53. The van der Waals surface area contributed by atoms with Gasteiger partial charge in [-0.25, -0.2) is 0 Å². The van der Waals surface area contributed by atoms with Gasteiger partial charge in [-0.1, -0.05) is 29.9 Å². The maximum atomic E-state index is 12.1. The van der Waals surface area contributed by atoms with Crippen LogP contribution in [0, 0.1) is 6.92 Å². The molecule has 2 aromatic rings. The zero-order valence-corrected chi connectivity index (χ0v) is 16.9. The highest BCUT2D eigenvalue weighted by Crippen LogP contribution is 2.21. The number of benzene rings is 2. The molecule has 0 radical (unpaired) electrons. The molecular formula is C21H23ClN2O2S. The Hall–Kier alpha value is -2.11. The first-order chi connectivity index (χ1) is 13.0. The molecule has 142 valence electrons. The minimum absolute atomic E-state index is 0.0676. The van der Waals surface area contributed by atoms with Crippen LogP contribution in [0.1, 0.15) is 30.4 Å². The number of nitrogens with one attached hydrogen (secondary N) is 1. The van der Waals surface area contributed by atoms with Gasteiger partial charge in [0.2, 0.25) is 0 Å². The standard InChI is InChI=1S/C21H23ClN2O2S/c1-15-5-8-17(22)13-19(15)23-20(25)14-26-18-9-6-16(7-10-18)21(27)24-11-3-2-4-12-24/h5-10,13H,2-4,11-12,14H2,1H3,(H,23,25). The Morgan fingerprint density at radius 1 is 1.15 bits per heavy atom.